The van der Waals surface area contributed by atoms with Crippen molar-refractivity contribution in [2.24, 2.45) is 0 Å². The second-order valence-corrected chi connectivity index (χ2v) is 5.04. The number of para-hydroxylation sites is 1. The highest BCUT2D eigenvalue weighted by Crippen LogP contribution is 2.24. The van der Waals surface area contributed by atoms with Crippen molar-refractivity contribution in [1.29, 1.82) is 0 Å². The van der Waals surface area contributed by atoms with Gasteiger partial charge in [-0.15, -0.1) is 0 Å². The lowest BCUT2D eigenvalue weighted by Gasteiger charge is -2.04. The molecule has 0 atom stereocenters. The number of nitrogens with one attached hydrogen (secondary N) is 1. The molecule has 7 heteroatoms. The van der Waals surface area contributed by atoms with Crippen LogP contribution in [0.3, 0.4) is 0 Å². The molecule has 24 heavy (non-hydrogen) atoms. The number of hydrogen-bond donors (Lipinski definition) is 2. The summed E-state index contributed by atoms with van der Waals surface area (Å²) in [4.78, 5) is 16.1. The zero-order chi connectivity index (χ0) is 17.1. The average molecular weight is 329 g/mol. The Kier molecular flexibility index (Phi) is 4.24. The smallest absolute Gasteiger partial charge is 0.273 e. The van der Waals surface area contributed by atoms with E-state index in [1.54, 1.807) is 24.3 Å². The molecule has 0 bridgehead atoms. The van der Waals surface area contributed by atoms with Crippen molar-refractivity contribution < 1.29 is 18.0 Å². The molecular formula is C17H13F2N3O2. The summed E-state index contributed by atoms with van der Waals surface area (Å²) in [6.07, 6.45) is 1.19. The van der Waals surface area contributed by atoms with Crippen molar-refractivity contribution in [3.63, 3.8) is 0 Å². The van der Waals surface area contributed by atoms with E-state index in [2.05, 4.69) is 10.3 Å². The van der Waals surface area contributed by atoms with Crippen molar-refractivity contribution in [1.82, 2.24) is 10.3 Å². The minimum absolute atomic E-state index is 0.0378. The SMILES string of the molecule is Nc1ccccc1-c1nc(C(=O)NCc2ccc(F)cc2F)co1. The van der Waals surface area contributed by atoms with Crippen LogP contribution in [0, 0.1) is 11.6 Å². The Morgan fingerprint density at radius 1 is 1.21 bits per heavy atom. The number of oxazole rings is 1. The number of amides is 1. The highest BCUT2D eigenvalue weighted by molar-refractivity contribution is 5.92. The van der Waals surface area contributed by atoms with Crippen LogP contribution in [0.5, 0.6) is 0 Å². The maximum absolute atomic E-state index is 13.5. The van der Waals surface area contributed by atoms with Crippen LogP contribution in [0.1, 0.15) is 16.1 Å². The molecule has 0 saturated carbocycles. The highest BCUT2D eigenvalue weighted by Gasteiger charge is 2.15. The Morgan fingerprint density at radius 2 is 2.00 bits per heavy atom. The van der Waals surface area contributed by atoms with Crippen molar-refractivity contribution in [3.8, 4) is 11.5 Å². The lowest BCUT2D eigenvalue weighted by molar-refractivity contribution is 0.0945. The zero-order valence-corrected chi connectivity index (χ0v) is 12.4. The topological polar surface area (TPSA) is 81.1 Å². The predicted octanol–water partition coefficient (Wildman–Crippen LogP) is 3.13. The fourth-order valence-corrected chi connectivity index (χ4v) is 2.12. The maximum Gasteiger partial charge on any atom is 0.273 e. The number of rotatable bonds is 4. The molecule has 5 nitrogen and oxygen atoms in total. The largest absolute Gasteiger partial charge is 0.444 e. The third kappa shape index (κ3) is 3.24. The third-order valence-electron chi connectivity index (χ3n) is 3.38. The van der Waals surface area contributed by atoms with Gasteiger partial charge in [0.2, 0.25) is 5.89 Å². The first-order valence-electron chi connectivity index (χ1n) is 7.07. The van der Waals surface area contributed by atoms with Gasteiger partial charge in [-0.25, -0.2) is 13.8 Å². The van der Waals surface area contributed by atoms with E-state index >= 15 is 0 Å². The molecule has 0 spiro atoms. The molecule has 3 aromatic rings. The molecule has 0 aliphatic carbocycles. The first kappa shape index (κ1) is 15.7. The van der Waals surface area contributed by atoms with E-state index in [1.165, 1.54) is 12.3 Å². The van der Waals surface area contributed by atoms with Gasteiger partial charge in [0.05, 0.1) is 5.56 Å². The number of hydrogen-bond acceptors (Lipinski definition) is 4. The van der Waals surface area contributed by atoms with Crippen molar-refractivity contribution in [2.75, 3.05) is 5.73 Å². The first-order valence-corrected chi connectivity index (χ1v) is 7.07. The van der Waals surface area contributed by atoms with E-state index < -0.39 is 17.5 Å². The molecule has 1 heterocycles. The summed E-state index contributed by atoms with van der Waals surface area (Å²) in [5.74, 6) is -1.73. The lowest BCUT2D eigenvalue weighted by atomic mass is 10.2. The summed E-state index contributed by atoms with van der Waals surface area (Å²) >= 11 is 0. The van der Waals surface area contributed by atoms with Gasteiger partial charge in [-0.2, -0.15) is 0 Å². The van der Waals surface area contributed by atoms with Crippen LogP contribution in [0.25, 0.3) is 11.5 Å². The summed E-state index contributed by atoms with van der Waals surface area (Å²) in [7, 11) is 0. The molecule has 0 saturated heterocycles. The van der Waals surface area contributed by atoms with Crippen LogP contribution in [-0.4, -0.2) is 10.9 Å². The van der Waals surface area contributed by atoms with Gasteiger partial charge in [0.15, 0.2) is 5.69 Å². The molecule has 0 unspecified atom stereocenters. The Morgan fingerprint density at radius 3 is 2.75 bits per heavy atom. The molecule has 3 N–H and O–H groups in total. The second kappa shape index (κ2) is 6.49. The van der Waals surface area contributed by atoms with Gasteiger partial charge in [0.1, 0.15) is 17.9 Å². The lowest BCUT2D eigenvalue weighted by Crippen LogP contribution is -2.23. The summed E-state index contributed by atoms with van der Waals surface area (Å²) < 4.78 is 31.7. The van der Waals surface area contributed by atoms with Gasteiger partial charge < -0.3 is 15.5 Å². The number of anilines is 1. The quantitative estimate of drug-likeness (QED) is 0.721. The van der Waals surface area contributed by atoms with Gasteiger partial charge in [0, 0.05) is 23.9 Å². The number of benzene rings is 2. The summed E-state index contributed by atoms with van der Waals surface area (Å²) in [6, 6.07) is 10.1. The zero-order valence-electron chi connectivity index (χ0n) is 12.4. The third-order valence-corrected chi connectivity index (χ3v) is 3.38. The average Bonchev–Trinajstić information content (AvgIpc) is 3.04. The van der Waals surface area contributed by atoms with Crippen molar-refractivity contribution in [3.05, 3.63) is 71.6 Å². The van der Waals surface area contributed by atoms with Crippen LogP contribution in [0.15, 0.2) is 53.1 Å². The van der Waals surface area contributed by atoms with E-state index in [0.29, 0.717) is 11.3 Å². The Labute approximate surface area is 136 Å². The number of nitrogens with two attached hydrogens (primary N) is 1. The summed E-state index contributed by atoms with van der Waals surface area (Å²) in [6.45, 7) is -0.0966. The summed E-state index contributed by atoms with van der Waals surface area (Å²) in [5, 5.41) is 2.50. The molecule has 0 aliphatic heterocycles. The van der Waals surface area contributed by atoms with Gasteiger partial charge in [-0.05, 0) is 18.2 Å². The van der Waals surface area contributed by atoms with Crippen LogP contribution >= 0.6 is 0 Å². The minimum atomic E-state index is -0.729. The fourth-order valence-electron chi connectivity index (χ4n) is 2.12. The normalized spacial score (nSPS) is 10.6. The van der Waals surface area contributed by atoms with E-state index in [1.807, 2.05) is 0 Å². The molecule has 1 amide bonds. The number of aromatic nitrogens is 1. The number of nitrogen functional groups attached to an aromatic ring is 1. The fraction of sp³-hybridized carbons (Fsp3) is 0.0588. The molecule has 3 rings (SSSR count). The van der Waals surface area contributed by atoms with Gasteiger partial charge >= 0.3 is 0 Å². The molecule has 1 aromatic heterocycles. The number of halogens is 2. The summed E-state index contributed by atoms with van der Waals surface area (Å²) in [5.41, 5.74) is 7.08. The molecule has 0 radical (unpaired) electrons. The Balaban J connectivity index is 1.71. The van der Waals surface area contributed by atoms with Crippen molar-refractivity contribution in [2.45, 2.75) is 6.54 Å². The Bertz CT molecular complexity index is 893. The van der Waals surface area contributed by atoms with Crippen LogP contribution in [-0.2, 0) is 6.54 Å². The number of nitrogens with zero attached hydrogens (tertiary/aromatic N) is 1. The van der Waals surface area contributed by atoms with Gasteiger partial charge in [-0.1, -0.05) is 18.2 Å². The maximum atomic E-state index is 13.5. The van der Waals surface area contributed by atoms with E-state index in [9.17, 15) is 13.6 Å². The van der Waals surface area contributed by atoms with Gasteiger partial charge in [0.25, 0.3) is 5.91 Å². The van der Waals surface area contributed by atoms with Crippen LogP contribution in [0.4, 0.5) is 14.5 Å². The van der Waals surface area contributed by atoms with E-state index in [4.69, 9.17) is 10.2 Å². The van der Waals surface area contributed by atoms with Crippen LogP contribution < -0.4 is 11.1 Å². The molecule has 0 fully saturated rings. The minimum Gasteiger partial charge on any atom is -0.444 e. The molecule has 122 valence electrons. The number of carbonyl (C=O) groups excluding carboxylic acids is 1. The highest BCUT2D eigenvalue weighted by atomic mass is 19.1. The monoisotopic (exact) mass is 329 g/mol. The molecular weight excluding hydrogens is 316 g/mol. The van der Waals surface area contributed by atoms with E-state index in [0.717, 1.165) is 12.1 Å². The predicted molar refractivity (Wildman–Crippen MR) is 83.9 cm³/mol. The first-order chi connectivity index (χ1) is 11.5. The van der Waals surface area contributed by atoms with E-state index in [-0.39, 0.29) is 23.7 Å². The standard InChI is InChI=1S/C17H13F2N3O2/c18-11-6-5-10(13(19)7-11)8-21-16(23)15-9-24-17(22-15)12-3-1-2-4-14(12)20/h1-7,9H,8,20H2,(H,21,23). The Hall–Kier alpha value is -3.22. The second-order valence-electron chi connectivity index (χ2n) is 5.04. The number of carbonyl (C=O) groups is 1. The van der Waals surface area contributed by atoms with Crippen molar-refractivity contribution >= 4 is 11.6 Å². The molecule has 0 aliphatic rings. The van der Waals surface area contributed by atoms with Gasteiger partial charge in [-0.3, -0.25) is 4.79 Å². The molecule has 2 aromatic carbocycles. The van der Waals surface area contributed by atoms with Crippen LogP contribution in [0.2, 0.25) is 0 Å².